The van der Waals surface area contributed by atoms with Crippen molar-refractivity contribution in [2.24, 2.45) is 0 Å². The van der Waals surface area contributed by atoms with Gasteiger partial charge in [-0.05, 0) is 22.4 Å². The SMILES string of the molecule is O=C(O)c1cc(-c2ccccc2)c(-c2ccccc2)[n-]1.[Y]. The second-order valence-electron chi connectivity index (χ2n) is 4.44. The quantitative estimate of drug-likeness (QED) is 0.783. The van der Waals surface area contributed by atoms with Crippen LogP contribution in [0.4, 0.5) is 0 Å². The van der Waals surface area contributed by atoms with Gasteiger partial charge in [-0.25, -0.2) is 4.79 Å². The first-order valence-electron chi connectivity index (χ1n) is 6.27. The van der Waals surface area contributed by atoms with E-state index in [4.69, 9.17) is 5.11 Å². The third-order valence-electron chi connectivity index (χ3n) is 3.12. The molecule has 0 fully saturated rings. The van der Waals surface area contributed by atoms with Crippen LogP contribution in [0.1, 0.15) is 10.5 Å². The minimum atomic E-state index is -1.01. The summed E-state index contributed by atoms with van der Waals surface area (Å²) in [6.07, 6.45) is 0. The molecule has 0 saturated carbocycles. The van der Waals surface area contributed by atoms with E-state index in [1.807, 2.05) is 60.7 Å². The molecule has 101 valence electrons. The van der Waals surface area contributed by atoms with Crippen molar-refractivity contribution in [1.29, 1.82) is 0 Å². The van der Waals surface area contributed by atoms with Crippen LogP contribution in [0.3, 0.4) is 0 Å². The molecular weight excluding hydrogens is 339 g/mol. The van der Waals surface area contributed by atoms with Crippen molar-refractivity contribution in [3.8, 4) is 22.4 Å². The van der Waals surface area contributed by atoms with E-state index in [0.717, 1.165) is 16.7 Å². The molecule has 0 bridgehead atoms. The molecule has 3 rings (SSSR count). The van der Waals surface area contributed by atoms with Gasteiger partial charge in [-0.3, -0.25) is 0 Å². The molecule has 0 aliphatic carbocycles. The van der Waals surface area contributed by atoms with Crippen LogP contribution in [0.2, 0.25) is 0 Å². The van der Waals surface area contributed by atoms with Crippen molar-refractivity contribution < 1.29 is 42.6 Å². The van der Waals surface area contributed by atoms with E-state index in [1.165, 1.54) is 0 Å². The smallest absolute Gasteiger partial charge is 0.313 e. The van der Waals surface area contributed by atoms with Gasteiger partial charge in [0.25, 0.3) is 0 Å². The fourth-order valence-corrected chi connectivity index (χ4v) is 2.18. The van der Waals surface area contributed by atoms with Crippen LogP contribution in [0, 0.1) is 0 Å². The summed E-state index contributed by atoms with van der Waals surface area (Å²) >= 11 is 0. The Kier molecular flexibility index (Phi) is 5.10. The fraction of sp³-hybridized carbons (Fsp3) is 0. The Balaban J connectivity index is 0.00000161. The molecule has 1 radical (unpaired) electrons. The summed E-state index contributed by atoms with van der Waals surface area (Å²) < 4.78 is 0. The summed E-state index contributed by atoms with van der Waals surface area (Å²) in [5.74, 6) is -1.01. The van der Waals surface area contributed by atoms with E-state index in [-0.39, 0.29) is 38.4 Å². The second-order valence-corrected chi connectivity index (χ2v) is 4.44. The molecule has 1 N–H and O–H groups in total. The maximum atomic E-state index is 11.2. The van der Waals surface area contributed by atoms with Gasteiger partial charge in [0.15, 0.2) is 0 Å². The monoisotopic (exact) mass is 351 g/mol. The van der Waals surface area contributed by atoms with Gasteiger partial charge in [0.05, 0.1) is 0 Å². The van der Waals surface area contributed by atoms with E-state index < -0.39 is 5.97 Å². The summed E-state index contributed by atoms with van der Waals surface area (Å²) in [7, 11) is 0. The van der Waals surface area contributed by atoms with Crippen LogP contribution in [0.5, 0.6) is 0 Å². The molecule has 1 aromatic heterocycles. The van der Waals surface area contributed by atoms with Crippen molar-refractivity contribution in [2.45, 2.75) is 0 Å². The normalized spacial score (nSPS) is 9.90. The van der Waals surface area contributed by atoms with Gasteiger partial charge in [0, 0.05) is 32.7 Å². The summed E-state index contributed by atoms with van der Waals surface area (Å²) in [6.45, 7) is 0. The number of aromatic nitrogens is 1. The topological polar surface area (TPSA) is 51.4 Å². The number of hydrogen-bond donors (Lipinski definition) is 1. The van der Waals surface area contributed by atoms with Gasteiger partial charge in [0.1, 0.15) is 0 Å². The minimum Gasteiger partial charge on any atom is -0.651 e. The summed E-state index contributed by atoms with van der Waals surface area (Å²) in [5.41, 5.74) is 3.50. The van der Waals surface area contributed by atoms with E-state index >= 15 is 0 Å². The first-order valence-corrected chi connectivity index (χ1v) is 6.27. The number of nitrogens with zero attached hydrogens (tertiary/aromatic N) is 1. The Hall–Kier alpha value is -1.71. The number of carboxylic acid groups (broad SMARTS) is 1. The maximum Gasteiger partial charge on any atom is 0.313 e. The van der Waals surface area contributed by atoms with E-state index in [0.29, 0.717) is 5.69 Å². The van der Waals surface area contributed by atoms with E-state index in [2.05, 4.69) is 4.98 Å². The molecule has 1 heterocycles. The van der Waals surface area contributed by atoms with Crippen molar-refractivity contribution >= 4 is 5.97 Å². The minimum absolute atomic E-state index is 0. The van der Waals surface area contributed by atoms with Crippen LogP contribution in [-0.4, -0.2) is 11.1 Å². The Morgan fingerprint density at radius 1 is 0.857 bits per heavy atom. The van der Waals surface area contributed by atoms with Gasteiger partial charge < -0.3 is 10.1 Å². The predicted molar refractivity (Wildman–Crippen MR) is 77.6 cm³/mol. The van der Waals surface area contributed by atoms with Crippen molar-refractivity contribution in [1.82, 2.24) is 4.98 Å². The molecule has 0 atom stereocenters. The van der Waals surface area contributed by atoms with Gasteiger partial charge >= 0.3 is 5.97 Å². The van der Waals surface area contributed by atoms with Crippen molar-refractivity contribution in [3.05, 3.63) is 72.4 Å². The Morgan fingerprint density at radius 3 is 1.90 bits per heavy atom. The summed E-state index contributed by atoms with van der Waals surface area (Å²) in [6, 6.07) is 20.9. The first kappa shape index (κ1) is 15.7. The number of rotatable bonds is 3. The average Bonchev–Trinajstić information content (AvgIpc) is 2.94. The number of hydrogen-bond acceptors (Lipinski definition) is 1. The van der Waals surface area contributed by atoms with Crippen LogP contribution >= 0.6 is 0 Å². The summed E-state index contributed by atoms with van der Waals surface area (Å²) in [4.78, 5) is 15.4. The fourth-order valence-electron chi connectivity index (χ4n) is 2.18. The first-order chi connectivity index (χ1) is 9.75. The number of carboxylic acids is 1. The van der Waals surface area contributed by atoms with Gasteiger partial charge in [-0.2, -0.15) is 0 Å². The second kappa shape index (κ2) is 6.83. The Labute approximate surface area is 147 Å². The zero-order valence-corrected chi connectivity index (χ0v) is 14.1. The molecule has 3 aromatic rings. The van der Waals surface area contributed by atoms with Gasteiger partial charge in [-0.1, -0.05) is 66.7 Å². The molecule has 0 spiro atoms. The molecule has 0 aliphatic heterocycles. The van der Waals surface area contributed by atoms with Crippen LogP contribution in [0.15, 0.2) is 66.7 Å². The molecule has 2 aromatic carbocycles. The largest absolute Gasteiger partial charge is 0.651 e. The Bertz CT molecular complexity index is 679. The molecule has 3 nitrogen and oxygen atoms in total. The molecule has 0 aliphatic rings. The zero-order chi connectivity index (χ0) is 13.9. The standard InChI is InChI=1S/C17H12NO2.Y/c19-17(20)15-11-14(12-7-3-1-4-8-12)16(18-15)13-9-5-2-6-10-13;/h1-11H,(H,19,20);/q-1;. The van der Waals surface area contributed by atoms with Crippen LogP contribution in [-0.2, 0) is 32.7 Å². The van der Waals surface area contributed by atoms with Gasteiger partial charge in [0.2, 0.25) is 0 Å². The number of benzene rings is 2. The number of aromatic carboxylic acids is 1. The predicted octanol–water partition coefficient (Wildman–Crippen LogP) is 3.67. The molecule has 0 unspecified atom stereocenters. The zero-order valence-electron chi connectivity index (χ0n) is 11.2. The van der Waals surface area contributed by atoms with Crippen LogP contribution in [0.25, 0.3) is 22.4 Å². The summed E-state index contributed by atoms with van der Waals surface area (Å²) in [5, 5.41) is 9.15. The van der Waals surface area contributed by atoms with Crippen molar-refractivity contribution in [2.75, 3.05) is 0 Å². The molecule has 4 heteroatoms. The van der Waals surface area contributed by atoms with Crippen molar-refractivity contribution in [3.63, 3.8) is 0 Å². The van der Waals surface area contributed by atoms with E-state index in [1.54, 1.807) is 6.07 Å². The third kappa shape index (κ3) is 3.31. The van der Waals surface area contributed by atoms with E-state index in [9.17, 15) is 4.79 Å². The molecule has 0 saturated heterocycles. The Morgan fingerprint density at radius 2 is 1.38 bits per heavy atom. The molecule has 0 amide bonds. The average molecular weight is 351 g/mol. The van der Waals surface area contributed by atoms with Gasteiger partial charge in [-0.15, -0.1) is 5.69 Å². The number of carbonyl (C=O) groups is 1. The van der Waals surface area contributed by atoms with Crippen LogP contribution < -0.4 is 4.98 Å². The molecule has 21 heavy (non-hydrogen) atoms. The third-order valence-corrected chi connectivity index (χ3v) is 3.12. The molecular formula is C17H12NO2Y-. The maximum absolute atomic E-state index is 11.2.